The lowest BCUT2D eigenvalue weighted by Gasteiger charge is -2.41. The number of hydrogen-bond donors (Lipinski definition) is 4. The Kier molecular flexibility index (Phi) is 9.17. The number of nitrogens with one attached hydrogen (secondary N) is 4. The molecule has 2 heterocycles. The number of anilines is 1. The van der Waals surface area contributed by atoms with Crippen molar-refractivity contribution in [2.75, 3.05) is 16.8 Å². The Bertz CT molecular complexity index is 1060. The molecule has 4 rings (SSSR count). The fourth-order valence-electron chi connectivity index (χ4n) is 4.85. The van der Waals surface area contributed by atoms with Gasteiger partial charge in [-0.25, -0.2) is 10.3 Å². The molecule has 2 aliphatic heterocycles. The molecular weight excluding hydrogens is 496 g/mol. The first-order chi connectivity index (χ1) is 17.4. The number of halogens is 1. The van der Waals surface area contributed by atoms with Crippen LogP contribution in [0.1, 0.15) is 62.7 Å². The van der Waals surface area contributed by atoms with Gasteiger partial charge in [-0.2, -0.15) is 10.2 Å². The molecule has 2 aliphatic rings. The van der Waals surface area contributed by atoms with Crippen LogP contribution in [-0.4, -0.2) is 40.8 Å². The molecule has 4 N–H and O–H groups in total. The van der Waals surface area contributed by atoms with Crippen molar-refractivity contribution in [1.82, 2.24) is 15.6 Å². The summed E-state index contributed by atoms with van der Waals surface area (Å²) >= 11 is 6.15. The lowest BCUT2D eigenvalue weighted by molar-refractivity contribution is -0.118. The molecule has 0 aromatic heterocycles. The maximum atomic E-state index is 13.6. The number of hydrogen-bond acceptors (Lipinski definition) is 5. The zero-order valence-electron chi connectivity index (χ0n) is 21.0. The standard InChI is InChI=1S/C27H37ClN4O3S/c1-19(2)35-23-14-10-13-22(18-23)29-26(34)24-27(30-25(33)20-11-9-12-21(28)17-20)36(32-31-24)15-7-5-3-4-6-8-16-36/h9-14,17-19,24,27,31-32H,3-8,15-16H2,1-2H3,(H,29,34)(H,30,33). The van der Waals surface area contributed by atoms with E-state index in [9.17, 15) is 9.59 Å². The van der Waals surface area contributed by atoms with Crippen LogP contribution < -0.4 is 25.6 Å². The molecule has 1 spiro atoms. The van der Waals surface area contributed by atoms with Crippen molar-refractivity contribution < 1.29 is 14.3 Å². The first-order valence-electron chi connectivity index (χ1n) is 12.8. The van der Waals surface area contributed by atoms with Crippen LogP contribution in [-0.2, 0) is 4.79 Å². The third-order valence-corrected chi connectivity index (χ3v) is 10.7. The van der Waals surface area contributed by atoms with Gasteiger partial charge in [0.15, 0.2) is 0 Å². The minimum atomic E-state index is -1.52. The Balaban J connectivity index is 1.58. The normalized spacial score (nSPS) is 22.8. The van der Waals surface area contributed by atoms with E-state index < -0.39 is 16.3 Å². The van der Waals surface area contributed by atoms with Crippen LogP contribution in [0, 0.1) is 0 Å². The van der Waals surface area contributed by atoms with Crippen molar-refractivity contribution in [3.05, 3.63) is 59.1 Å². The summed E-state index contributed by atoms with van der Waals surface area (Å²) in [5, 5.41) is 6.42. The Labute approximate surface area is 220 Å². The van der Waals surface area contributed by atoms with Gasteiger partial charge in [-0.05, 0) is 68.5 Å². The van der Waals surface area contributed by atoms with Gasteiger partial charge in [0, 0.05) is 22.3 Å². The minimum absolute atomic E-state index is 0.0367. The molecular formula is C27H37ClN4O3S. The summed E-state index contributed by atoms with van der Waals surface area (Å²) in [4.78, 5) is 30.4. The second kappa shape index (κ2) is 12.3. The van der Waals surface area contributed by atoms with Crippen molar-refractivity contribution in [2.45, 2.75) is 69.9 Å². The Morgan fingerprint density at radius 2 is 1.69 bits per heavy atom. The van der Waals surface area contributed by atoms with E-state index in [0.29, 0.717) is 22.0 Å². The largest absolute Gasteiger partial charge is 0.491 e. The summed E-state index contributed by atoms with van der Waals surface area (Å²) in [5.74, 6) is 2.21. The number of hydrazine groups is 1. The maximum absolute atomic E-state index is 13.6. The highest BCUT2D eigenvalue weighted by molar-refractivity contribution is 8.32. The van der Waals surface area contributed by atoms with E-state index in [1.165, 1.54) is 25.7 Å². The third-order valence-electron chi connectivity index (χ3n) is 6.59. The lowest BCUT2D eigenvalue weighted by atomic mass is 10.1. The van der Waals surface area contributed by atoms with Gasteiger partial charge in [0.25, 0.3) is 5.91 Å². The predicted octanol–water partition coefficient (Wildman–Crippen LogP) is 5.37. The van der Waals surface area contributed by atoms with Crippen LogP contribution in [0.15, 0.2) is 48.5 Å². The number of ether oxygens (including phenoxy) is 1. The summed E-state index contributed by atoms with van der Waals surface area (Å²) in [6.07, 6.45) is 7.01. The average molecular weight is 533 g/mol. The van der Waals surface area contributed by atoms with E-state index in [-0.39, 0.29) is 23.3 Å². The van der Waals surface area contributed by atoms with Gasteiger partial charge in [-0.1, -0.05) is 49.4 Å². The van der Waals surface area contributed by atoms with E-state index in [1.54, 1.807) is 24.3 Å². The molecule has 2 fully saturated rings. The predicted molar refractivity (Wildman–Crippen MR) is 149 cm³/mol. The quantitative estimate of drug-likeness (QED) is 0.401. The fourth-order valence-corrected chi connectivity index (χ4v) is 8.92. The molecule has 7 nitrogen and oxygen atoms in total. The van der Waals surface area contributed by atoms with E-state index in [2.05, 4.69) is 20.9 Å². The molecule has 2 saturated heterocycles. The monoisotopic (exact) mass is 532 g/mol. The average Bonchev–Trinajstić information content (AvgIpc) is 3.23. The van der Waals surface area contributed by atoms with E-state index >= 15 is 0 Å². The van der Waals surface area contributed by atoms with E-state index in [0.717, 1.165) is 24.3 Å². The lowest BCUT2D eigenvalue weighted by Crippen LogP contribution is -2.51. The van der Waals surface area contributed by atoms with Crippen LogP contribution >= 0.6 is 21.8 Å². The third kappa shape index (κ3) is 6.73. The molecule has 9 heteroatoms. The Morgan fingerprint density at radius 1 is 1.00 bits per heavy atom. The molecule has 2 unspecified atom stereocenters. The van der Waals surface area contributed by atoms with Crippen LogP contribution in [0.25, 0.3) is 0 Å². The van der Waals surface area contributed by atoms with Gasteiger partial charge in [0.05, 0.1) is 11.5 Å². The molecule has 2 aromatic carbocycles. The van der Waals surface area contributed by atoms with Gasteiger partial charge in [-0.3, -0.25) is 9.59 Å². The highest BCUT2D eigenvalue weighted by Gasteiger charge is 2.48. The van der Waals surface area contributed by atoms with Crippen LogP contribution in [0.5, 0.6) is 5.75 Å². The molecule has 196 valence electrons. The summed E-state index contributed by atoms with van der Waals surface area (Å²) in [6, 6.07) is 13.7. The number of carbonyl (C=O) groups excluding carboxylic acids is 2. The summed E-state index contributed by atoms with van der Waals surface area (Å²) in [6.45, 7) is 3.93. The number of amides is 2. The second-order valence-corrected chi connectivity index (χ2v) is 13.6. The van der Waals surface area contributed by atoms with Crippen molar-refractivity contribution in [3.63, 3.8) is 0 Å². The van der Waals surface area contributed by atoms with Gasteiger partial charge >= 0.3 is 0 Å². The minimum Gasteiger partial charge on any atom is -0.491 e. The van der Waals surface area contributed by atoms with Gasteiger partial charge < -0.3 is 15.4 Å². The van der Waals surface area contributed by atoms with Crippen molar-refractivity contribution in [2.24, 2.45) is 0 Å². The van der Waals surface area contributed by atoms with Crippen LogP contribution in [0.4, 0.5) is 5.69 Å². The molecule has 0 aliphatic carbocycles. The topological polar surface area (TPSA) is 91.5 Å². The highest BCUT2D eigenvalue weighted by Crippen LogP contribution is 2.53. The van der Waals surface area contributed by atoms with Gasteiger partial charge in [-0.15, -0.1) is 0 Å². The molecule has 2 atom stereocenters. The highest BCUT2D eigenvalue weighted by atomic mass is 35.5. The van der Waals surface area contributed by atoms with E-state index in [4.69, 9.17) is 16.3 Å². The Morgan fingerprint density at radius 3 is 2.39 bits per heavy atom. The van der Waals surface area contributed by atoms with Crippen LogP contribution in [0.2, 0.25) is 5.02 Å². The van der Waals surface area contributed by atoms with Gasteiger partial charge in [0.2, 0.25) is 5.91 Å². The summed E-state index contributed by atoms with van der Waals surface area (Å²) in [5.41, 5.74) is 4.42. The number of carbonyl (C=O) groups is 2. The number of rotatable bonds is 6. The van der Waals surface area contributed by atoms with Crippen molar-refractivity contribution in [3.8, 4) is 5.75 Å². The van der Waals surface area contributed by atoms with Crippen molar-refractivity contribution in [1.29, 1.82) is 0 Å². The SMILES string of the molecule is CC(C)Oc1cccc(NC(=O)C2NNS3(CCCCCCCC3)C2NC(=O)c2cccc(Cl)c2)c1. The molecule has 0 radical (unpaired) electrons. The summed E-state index contributed by atoms with van der Waals surface area (Å²) in [7, 11) is -1.52. The molecule has 36 heavy (non-hydrogen) atoms. The fraction of sp³-hybridized carbons (Fsp3) is 0.481. The zero-order chi connectivity index (χ0) is 25.5. The molecule has 2 amide bonds. The smallest absolute Gasteiger partial charge is 0.252 e. The zero-order valence-corrected chi connectivity index (χ0v) is 22.6. The first-order valence-corrected chi connectivity index (χ1v) is 15.2. The van der Waals surface area contributed by atoms with Crippen molar-refractivity contribution >= 4 is 39.3 Å². The van der Waals surface area contributed by atoms with Crippen LogP contribution in [0.3, 0.4) is 0 Å². The first kappa shape index (κ1) is 26.8. The number of benzene rings is 2. The molecule has 0 bridgehead atoms. The Hall–Kier alpha value is -2.26. The second-order valence-electron chi connectivity index (χ2n) is 9.79. The van der Waals surface area contributed by atoms with E-state index in [1.807, 2.05) is 38.1 Å². The summed E-state index contributed by atoms with van der Waals surface area (Å²) < 4.78 is 5.78. The molecule has 2 aromatic rings. The van der Waals surface area contributed by atoms with Gasteiger partial charge in [0.1, 0.15) is 11.8 Å². The molecule has 0 saturated carbocycles. The maximum Gasteiger partial charge on any atom is 0.252 e.